The number of aryl methyl sites for hydroxylation is 1. The maximum absolute atomic E-state index is 4.69. The highest BCUT2D eigenvalue weighted by Crippen LogP contribution is 2.17. The Balaban J connectivity index is 1.80. The van der Waals surface area contributed by atoms with E-state index in [1.807, 2.05) is 11.3 Å². The molecular weight excluding hydrogens is 230 g/mol. The Morgan fingerprint density at radius 3 is 2.88 bits per heavy atom. The summed E-state index contributed by atoms with van der Waals surface area (Å²) >= 11 is 1.82. The van der Waals surface area contributed by atoms with E-state index < -0.39 is 0 Å². The fourth-order valence-corrected chi connectivity index (χ4v) is 3.23. The van der Waals surface area contributed by atoms with Crippen molar-refractivity contribution in [3.05, 3.63) is 16.1 Å². The zero-order chi connectivity index (χ0) is 12.1. The van der Waals surface area contributed by atoms with Crippen LogP contribution >= 0.6 is 11.3 Å². The van der Waals surface area contributed by atoms with Crippen molar-refractivity contribution in [1.82, 2.24) is 15.2 Å². The van der Waals surface area contributed by atoms with Crippen molar-refractivity contribution < 1.29 is 0 Å². The fraction of sp³-hybridized carbons (Fsp3) is 0.769. The van der Waals surface area contributed by atoms with Crippen LogP contribution < -0.4 is 5.32 Å². The molecule has 96 valence electrons. The quantitative estimate of drug-likeness (QED) is 0.872. The molecule has 0 bridgehead atoms. The topological polar surface area (TPSA) is 28.2 Å². The van der Waals surface area contributed by atoms with Crippen molar-refractivity contribution in [3.8, 4) is 0 Å². The average Bonchev–Trinajstić information content (AvgIpc) is 2.78. The first kappa shape index (κ1) is 13.0. The van der Waals surface area contributed by atoms with E-state index in [9.17, 15) is 0 Å². The molecule has 2 heterocycles. The highest BCUT2D eigenvalue weighted by molar-refractivity contribution is 7.09. The molecule has 0 saturated carbocycles. The summed E-state index contributed by atoms with van der Waals surface area (Å²) in [5.41, 5.74) is 1.28. The van der Waals surface area contributed by atoms with Crippen molar-refractivity contribution in [1.29, 1.82) is 0 Å². The van der Waals surface area contributed by atoms with Crippen molar-refractivity contribution in [2.75, 3.05) is 20.1 Å². The molecule has 0 aliphatic carbocycles. The highest BCUT2D eigenvalue weighted by atomic mass is 32.1. The molecule has 1 aromatic rings. The van der Waals surface area contributed by atoms with Gasteiger partial charge < -0.3 is 5.32 Å². The Hall–Kier alpha value is -0.450. The lowest BCUT2D eigenvalue weighted by Gasteiger charge is -2.31. The van der Waals surface area contributed by atoms with Gasteiger partial charge in [-0.3, -0.25) is 4.90 Å². The van der Waals surface area contributed by atoms with Gasteiger partial charge in [-0.2, -0.15) is 0 Å². The molecule has 1 aromatic heterocycles. The van der Waals surface area contributed by atoms with Gasteiger partial charge in [0.05, 0.1) is 12.2 Å². The second-order valence-electron chi connectivity index (χ2n) is 4.82. The molecule has 0 unspecified atom stereocenters. The van der Waals surface area contributed by atoms with Crippen LogP contribution in [-0.2, 0) is 13.0 Å². The van der Waals surface area contributed by atoms with Gasteiger partial charge in [0.25, 0.3) is 0 Å². The van der Waals surface area contributed by atoms with Gasteiger partial charge in [0.15, 0.2) is 0 Å². The predicted octanol–water partition coefficient (Wildman–Crippen LogP) is 2.28. The molecule has 0 spiro atoms. The molecule has 1 aliphatic heterocycles. The summed E-state index contributed by atoms with van der Waals surface area (Å²) in [6, 6.07) is 0.721. The monoisotopic (exact) mass is 253 g/mol. The second-order valence-corrected chi connectivity index (χ2v) is 5.76. The van der Waals surface area contributed by atoms with E-state index in [-0.39, 0.29) is 0 Å². The summed E-state index contributed by atoms with van der Waals surface area (Å²) in [6.45, 7) is 5.66. The lowest BCUT2D eigenvalue weighted by atomic mass is 10.1. The molecule has 0 atom stereocenters. The predicted molar refractivity (Wildman–Crippen MR) is 73.5 cm³/mol. The third kappa shape index (κ3) is 3.76. The van der Waals surface area contributed by atoms with Crippen LogP contribution in [0.3, 0.4) is 0 Å². The SMILES string of the molecule is CCCc1csc(CN2CCC(NC)CC2)n1. The average molecular weight is 253 g/mol. The molecule has 0 radical (unpaired) electrons. The first-order valence-corrected chi connectivity index (χ1v) is 7.52. The summed E-state index contributed by atoms with van der Waals surface area (Å²) in [7, 11) is 2.07. The summed E-state index contributed by atoms with van der Waals surface area (Å²) in [5, 5.41) is 6.88. The normalized spacial score (nSPS) is 18.7. The van der Waals surface area contributed by atoms with E-state index in [0.29, 0.717) is 0 Å². The van der Waals surface area contributed by atoms with Gasteiger partial charge in [-0.25, -0.2) is 4.98 Å². The van der Waals surface area contributed by atoms with Crippen LogP contribution in [0, 0.1) is 0 Å². The van der Waals surface area contributed by atoms with Gasteiger partial charge in [-0.1, -0.05) is 13.3 Å². The summed E-state index contributed by atoms with van der Waals surface area (Å²) in [5.74, 6) is 0. The van der Waals surface area contributed by atoms with E-state index in [0.717, 1.165) is 19.0 Å². The smallest absolute Gasteiger partial charge is 0.107 e. The Labute approximate surface area is 108 Å². The molecule has 17 heavy (non-hydrogen) atoms. The fourth-order valence-electron chi connectivity index (χ4n) is 2.36. The first-order valence-electron chi connectivity index (χ1n) is 6.64. The minimum Gasteiger partial charge on any atom is -0.317 e. The van der Waals surface area contributed by atoms with Crippen LogP contribution in [0.4, 0.5) is 0 Å². The van der Waals surface area contributed by atoms with Gasteiger partial charge >= 0.3 is 0 Å². The zero-order valence-electron chi connectivity index (χ0n) is 10.9. The van der Waals surface area contributed by atoms with Gasteiger partial charge in [0.1, 0.15) is 5.01 Å². The van der Waals surface area contributed by atoms with Crippen LogP contribution in [0.25, 0.3) is 0 Å². The van der Waals surface area contributed by atoms with Crippen LogP contribution in [0.2, 0.25) is 0 Å². The van der Waals surface area contributed by atoms with Gasteiger partial charge in [0, 0.05) is 24.5 Å². The van der Waals surface area contributed by atoms with Crippen LogP contribution in [0.1, 0.15) is 36.9 Å². The Bertz CT molecular complexity index is 329. The third-order valence-electron chi connectivity index (χ3n) is 3.46. The zero-order valence-corrected chi connectivity index (χ0v) is 11.7. The van der Waals surface area contributed by atoms with E-state index in [1.165, 1.54) is 43.1 Å². The minimum atomic E-state index is 0.721. The number of rotatable bonds is 5. The largest absolute Gasteiger partial charge is 0.317 e. The van der Waals surface area contributed by atoms with E-state index >= 15 is 0 Å². The molecular formula is C13H23N3S. The molecule has 0 amide bonds. The molecule has 3 nitrogen and oxygen atoms in total. The Morgan fingerprint density at radius 2 is 2.24 bits per heavy atom. The van der Waals surface area contributed by atoms with Crippen LogP contribution in [0.15, 0.2) is 5.38 Å². The number of likely N-dealkylation sites (tertiary alicyclic amines) is 1. The number of piperidine rings is 1. The summed E-state index contributed by atoms with van der Waals surface area (Å²) < 4.78 is 0. The lowest BCUT2D eigenvalue weighted by molar-refractivity contribution is 0.194. The molecule has 1 aliphatic rings. The number of hydrogen-bond acceptors (Lipinski definition) is 4. The van der Waals surface area contributed by atoms with Crippen molar-refractivity contribution in [3.63, 3.8) is 0 Å². The number of aromatic nitrogens is 1. The summed E-state index contributed by atoms with van der Waals surface area (Å²) in [4.78, 5) is 7.22. The molecule has 0 aromatic carbocycles. The maximum Gasteiger partial charge on any atom is 0.107 e. The van der Waals surface area contributed by atoms with E-state index in [1.54, 1.807) is 0 Å². The Kier molecular flexibility index (Phi) is 4.95. The highest BCUT2D eigenvalue weighted by Gasteiger charge is 2.18. The Morgan fingerprint density at radius 1 is 1.47 bits per heavy atom. The minimum absolute atomic E-state index is 0.721. The van der Waals surface area contributed by atoms with Gasteiger partial charge in [0.2, 0.25) is 0 Å². The van der Waals surface area contributed by atoms with Crippen molar-refractivity contribution >= 4 is 11.3 Å². The first-order chi connectivity index (χ1) is 8.31. The molecule has 1 fully saturated rings. The van der Waals surface area contributed by atoms with Gasteiger partial charge in [-0.05, 0) is 26.3 Å². The maximum atomic E-state index is 4.69. The second kappa shape index (κ2) is 6.47. The number of hydrogen-bond donors (Lipinski definition) is 1. The van der Waals surface area contributed by atoms with Crippen molar-refractivity contribution in [2.24, 2.45) is 0 Å². The molecule has 1 saturated heterocycles. The van der Waals surface area contributed by atoms with E-state index in [4.69, 9.17) is 4.98 Å². The van der Waals surface area contributed by atoms with E-state index in [2.05, 4.69) is 29.6 Å². The number of nitrogens with one attached hydrogen (secondary N) is 1. The van der Waals surface area contributed by atoms with Crippen LogP contribution in [-0.4, -0.2) is 36.1 Å². The standard InChI is InChI=1S/C13H23N3S/c1-3-4-12-10-17-13(15-12)9-16-7-5-11(14-2)6-8-16/h10-11,14H,3-9H2,1-2H3. The van der Waals surface area contributed by atoms with Crippen molar-refractivity contribution in [2.45, 2.75) is 45.2 Å². The van der Waals surface area contributed by atoms with Gasteiger partial charge in [-0.15, -0.1) is 11.3 Å². The lowest BCUT2D eigenvalue weighted by Crippen LogP contribution is -2.40. The molecule has 2 rings (SSSR count). The summed E-state index contributed by atoms with van der Waals surface area (Å²) in [6.07, 6.45) is 4.85. The third-order valence-corrected chi connectivity index (χ3v) is 4.34. The number of thiazole rings is 1. The molecule has 4 heteroatoms. The number of nitrogens with zero attached hydrogens (tertiary/aromatic N) is 2. The molecule has 1 N–H and O–H groups in total. The van der Waals surface area contributed by atoms with Crippen LogP contribution in [0.5, 0.6) is 0 Å².